The van der Waals surface area contributed by atoms with Crippen LogP contribution in [0.3, 0.4) is 0 Å². The molecule has 0 unspecified atom stereocenters. The molecule has 3 aromatic rings. The van der Waals surface area contributed by atoms with E-state index in [9.17, 15) is 24.0 Å². The average Bonchev–Trinajstić information content (AvgIpc) is 3.37. The first kappa shape index (κ1) is 28.3. The quantitative estimate of drug-likeness (QED) is 0.149. The molecule has 2 aromatic carbocycles. The van der Waals surface area contributed by atoms with Crippen molar-refractivity contribution in [3.63, 3.8) is 0 Å². The number of carbonyl (C=O) groups excluding carboxylic acids is 5. The summed E-state index contributed by atoms with van der Waals surface area (Å²) in [6, 6.07) is 14.2. The van der Waals surface area contributed by atoms with E-state index in [1.807, 2.05) is 19.9 Å². The van der Waals surface area contributed by atoms with Gasteiger partial charge in [0.05, 0.1) is 24.9 Å². The molecule has 0 aliphatic heterocycles. The van der Waals surface area contributed by atoms with Crippen LogP contribution in [0.2, 0.25) is 0 Å². The number of ether oxygens (including phenoxy) is 1. The molecular weight excluding hydrogens is 506 g/mol. The van der Waals surface area contributed by atoms with E-state index in [2.05, 4.69) is 26.5 Å². The number of esters is 1. The predicted molar refractivity (Wildman–Crippen MR) is 142 cm³/mol. The normalized spacial score (nSPS) is 10.5. The van der Waals surface area contributed by atoms with Crippen molar-refractivity contribution in [2.24, 2.45) is 5.10 Å². The van der Waals surface area contributed by atoms with E-state index in [4.69, 9.17) is 9.15 Å². The second-order valence-corrected chi connectivity index (χ2v) is 8.19. The Kier molecular flexibility index (Phi) is 9.68. The van der Waals surface area contributed by atoms with Crippen molar-refractivity contribution in [1.82, 2.24) is 10.7 Å². The number of furan rings is 1. The summed E-state index contributed by atoms with van der Waals surface area (Å²) in [5.41, 5.74) is 5.23. The summed E-state index contributed by atoms with van der Waals surface area (Å²) in [7, 11) is 0. The number of rotatable bonds is 8. The van der Waals surface area contributed by atoms with Crippen molar-refractivity contribution < 1.29 is 33.1 Å². The van der Waals surface area contributed by atoms with E-state index >= 15 is 0 Å². The van der Waals surface area contributed by atoms with E-state index in [-0.39, 0.29) is 18.9 Å². The Balaban J connectivity index is 1.43. The van der Waals surface area contributed by atoms with Gasteiger partial charge in [0.2, 0.25) is 0 Å². The van der Waals surface area contributed by atoms with Gasteiger partial charge in [-0.15, -0.1) is 0 Å². The molecule has 0 spiro atoms. The van der Waals surface area contributed by atoms with Gasteiger partial charge < -0.3 is 25.1 Å². The predicted octanol–water partition coefficient (Wildman–Crippen LogP) is 2.42. The van der Waals surface area contributed by atoms with Gasteiger partial charge in [0.25, 0.3) is 0 Å². The maximum absolute atomic E-state index is 12.1. The number of amides is 4. The summed E-state index contributed by atoms with van der Waals surface area (Å²) in [6.45, 7) is 5.71. The molecule has 12 heteroatoms. The Morgan fingerprint density at radius 1 is 0.821 bits per heavy atom. The summed E-state index contributed by atoms with van der Waals surface area (Å²) in [4.78, 5) is 59.9. The average molecular weight is 534 g/mol. The lowest BCUT2D eigenvalue weighted by Gasteiger charge is -2.07. The molecule has 1 heterocycles. The zero-order chi connectivity index (χ0) is 28.4. The second kappa shape index (κ2) is 13.3. The molecule has 0 radical (unpaired) electrons. The third-order valence-electron chi connectivity index (χ3n) is 5.29. The number of nitrogens with zero attached hydrogens (tertiary/aromatic N) is 1. The molecule has 4 N–H and O–H groups in total. The molecule has 1 aromatic heterocycles. The van der Waals surface area contributed by atoms with Crippen molar-refractivity contribution >= 4 is 47.2 Å². The van der Waals surface area contributed by atoms with Crippen LogP contribution < -0.4 is 21.4 Å². The Labute approximate surface area is 223 Å². The lowest BCUT2D eigenvalue weighted by Crippen LogP contribution is -2.34. The van der Waals surface area contributed by atoms with Gasteiger partial charge in [-0.1, -0.05) is 6.07 Å². The van der Waals surface area contributed by atoms with Crippen molar-refractivity contribution in [1.29, 1.82) is 0 Å². The Morgan fingerprint density at radius 2 is 1.49 bits per heavy atom. The molecule has 0 saturated heterocycles. The van der Waals surface area contributed by atoms with Crippen molar-refractivity contribution in [2.75, 3.05) is 17.2 Å². The van der Waals surface area contributed by atoms with Crippen LogP contribution in [0.25, 0.3) is 0 Å². The molecule has 3 rings (SSSR count). The number of nitrogens with one attached hydrogen (secondary N) is 4. The molecule has 0 aliphatic rings. The van der Waals surface area contributed by atoms with Crippen molar-refractivity contribution in [3.05, 3.63) is 82.8 Å². The molecule has 39 heavy (non-hydrogen) atoms. The van der Waals surface area contributed by atoms with Gasteiger partial charge in [-0.2, -0.15) is 5.10 Å². The van der Waals surface area contributed by atoms with Crippen LogP contribution in [0, 0.1) is 13.8 Å². The van der Waals surface area contributed by atoms with Crippen LogP contribution in [0.1, 0.15) is 39.9 Å². The Bertz CT molecular complexity index is 1410. The van der Waals surface area contributed by atoms with Gasteiger partial charge in [-0.05, 0) is 80.4 Å². The first-order chi connectivity index (χ1) is 18.7. The molecule has 4 amide bonds. The molecule has 0 fully saturated rings. The monoisotopic (exact) mass is 533 g/mol. The molecule has 0 aliphatic carbocycles. The molecule has 0 saturated carbocycles. The number of benzene rings is 2. The van der Waals surface area contributed by atoms with Gasteiger partial charge in [0.1, 0.15) is 11.5 Å². The van der Waals surface area contributed by atoms with E-state index in [0.29, 0.717) is 22.7 Å². The highest BCUT2D eigenvalue weighted by molar-refractivity contribution is 6.40. The molecular formula is C27H27N5O7. The Hall–Kier alpha value is -5.26. The lowest BCUT2D eigenvalue weighted by molar-refractivity contribution is -0.136. The summed E-state index contributed by atoms with van der Waals surface area (Å²) in [5, 5.41) is 11.0. The van der Waals surface area contributed by atoms with Gasteiger partial charge >= 0.3 is 29.6 Å². The van der Waals surface area contributed by atoms with Crippen LogP contribution in [-0.4, -0.2) is 42.4 Å². The minimum absolute atomic E-state index is 0.0588. The Morgan fingerprint density at radius 3 is 2.18 bits per heavy atom. The topological polar surface area (TPSA) is 168 Å². The number of hydrogen-bond donors (Lipinski definition) is 4. The minimum Gasteiger partial charge on any atom is -0.462 e. The standard InChI is InChI=1S/C27H27N5O7/c1-4-38-27(37)18-6-9-19(10-7-18)30-25(35)26(36)32-29-15-22-12-11-21(39-22)14-28-23(33)24(34)31-20-8-5-16(2)17(3)13-20/h5-13,15H,4,14H2,1-3H3,(H,28,33)(H,30,35)(H,31,34)(H,32,36)/b29-15+. The first-order valence-corrected chi connectivity index (χ1v) is 11.8. The molecule has 0 atom stereocenters. The molecule has 12 nitrogen and oxygen atoms in total. The van der Waals surface area contributed by atoms with E-state index < -0.39 is 29.6 Å². The second-order valence-electron chi connectivity index (χ2n) is 8.19. The lowest BCUT2D eigenvalue weighted by atomic mass is 10.1. The maximum atomic E-state index is 12.1. The van der Waals surface area contributed by atoms with Crippen LogP contribution in [-0.2, 0) is 30.5 Å². The fourth-order valence-corrected chi connectivity index (χ4v) is 3.11. The summed E-state index contributed by atoms with van der Waals surface area (Å²) < 4.78 is 10.3. The highest BCUT2D eigenvalue weighted by Crippen LogP contribution is 2.14. The zero-order valence-electron chi connectivity index (χ0n) is 21.5. The largest absolute Gasteiger partial charge is 0.462 e. The van der Waals surface area contributed by atoms with Gasteiger partial charge in [0.15, 0.2) is 0 Å². The zero-order valence-corrected chi connectivity index (χ0v) is 21.5. The third kappa shape index (κ3) is 8.39. The van der Waals surface area contributed by atoms with E-state index in [0.717, 1.165) is 17.3 Å². The third-order valence-corrected chi connectivity index (χ3v) is 5.29. The van der Waals surface area contributed by atoms with Crippen LogP contribution in [0.4, 0.5) is 11.4 Å². The highest BCUT2D eigenvalue weighted by Gasteiger charge is 2.15. The van der Waals surface area contributed by atoms with Crippen LogP contribution in [0.5, 0.6) is 0 Å². The van der Waals surface area contributed by atoms with E-state index in [1.165, 1.54) is 30.3 Å². The maximum Gasteiger partial charge on any atom is 0.338 e. The van der Waals surface area contributed by atoms with Gasteiger partial charge in [0, 0.05) is 11.4 Å². The fraction of sp³-hybridized carbons (Fsp3) is 0.185. The number of hydrogen-bond acceptors (Lipinski definition) is 8. The van der Waals surface area contributed by atoms with Crippen molar-refractivity contribution in [3.8, 4) is 0 Å². The smallest absolute Gasteiger partial charge is 0.338 e. The summed E-state index contributed by atoms with van der Waals surface area (Å²) >= 11 is 0. The van der Waals surface area contributed by atoms with Crippen LogP contribution in [0.15, 0.2) is 64.1 Å². The minimum atomic E-state index is -1.03. The van der Waals surface area contributed by atoms with Crippen molar-refractivity contribution in [2.45, 2.75) is 27.3 Å². The number of aryl methyl sites for hydroxylation is 2. The first-order valence-electron chi connectivity index (χ1n) is 11.8. The fourth-order valence-electron chi connectivity index (χ4n) is 3.11. The molecule has 202 valence electrons. The van der Waals surface area contributed by atoms with Gasteiger partial charge in [-0.25, -0.2) is 10.2 Å². The van der Waals surface area contributed by atoms with Crippen LogP contribution >= 0.6 is 0 Å². The molecule has 0 bridgehead atoms. The summed E-state index contributed by atoms with van der Waals surface area (Å²) in [5.74, 6) is -3.60. The number of carbonyl (C=O) groups is 5. The highest BCUT2D eigenvalue weighted by atomic mass is 16.5. The van der Waals surface area contributed by atoms with E-state index in [1.54, 1.807) is 25.1 Å². The van der Waals surface area contributed by atoms with Gasteiger partial charge in [-0.3, -0.25) is 19.2 Å². The summed E-state index contributed by atoms with van der Waals surface area (Å²) in [6.07, 6.45) is 1.16. The number of hydrazone groups is 1. The SMILES string of the molecule is CCOC(=O)c1ccc(NC(=O)C(=O)N/N=C/c2ccc(CNC(=O)C(=O)Nc3ccc(C)c(C)c3)o2)cc1. The number of anilines is 2.